The number of methoxy groups -OCH3 is 2. The predicted octanol–water partition coefficient (Wildman–Crippen LogP) is 5.76. The summed E-state index contributed by atoms with van der Waals surface area (Å²) in [5, 5.41) is 3.48. The fraction of sp³-hybridized carbons (Fsp3) is 0.217. The summed E-state index contributed by atoms with van der Waals surface area (Å²) < 4.78 is 17.8. The number of ether oxygens (including phenoxy) is 3. The molecule has 0 aliphatic heterocycles. The van der Waals surface area contributed by atoms with Crippen molar-refractivity contribution < 1.29 is 14.2 Å². The van der Waals surface area contributed by atoms with Gasteiger partial charge in [-0.3, -0.25) is 0 Å². The van der Waals surface area contributed by atoms with Gasteiger partial charge in [-0.2, -0.15) is 0 Å². The van der Waals surface area contributed by atoms with Gasteiger partial charge in [0, 0.05) is 23.1 Å². The Balaban J connectivity index is 0.00000300. The highest BCUT2D eigenvalue weighted by Gasteiger charge is 2.13. The number of nitrogens with one attached hydrogen (secondary N) is 1. The molecule has 154 valence electrons. The number of hydrogen-bond acceptors (Lipinski definition) is 4. The minimum Gasteiger partial charge on any atom is -0.497 e. The van der Waals surface area contributed by atoms with Crippen LogP contribution in [-0.2, 0) is 19.7 Å². The summed E-state index contributed by atoms with van der Waals surface area (Å²) in [6, 6.07) is 22.1. The Morgan fingerprint density at radius 1 is 0.828 bits per heavy atom. The lowest BCUT2D eigenvalue weighted by Gasteiger charge is -2.16. The Labute approximate surface area is 186 Å². The first-order valence-corrected chi connectivity index (χ1v) is 9.85. The van der Waals surface area contributed by atoms with E-state index in [1.165, 1.54) is 5.56 Å². The van der Waals surface area contributed by atoms with Crippen LogP contribution in [-0.4, -0.2) is 14.2 Å². The van der Waals surface area contributed by atoms with Gasteiger partial charge in [-0.25, -0.2) is 0 Å². The molecule has 0 aliphatic carbocycles. The maximum absolute atomic E-state index is 6.13. The van der Waals surface area contributed by atoms with E-state index in [-0.39, 0.29) is 12.4 Å². The van der Waals surface area contributed by atoms with Crippen molar-refractivity contribution in [1.29, 1.82) is 0 Å². The van der Waals surface area contributed by atoms with Crippen molar-refractivity contribution in [2.24, 2.45) is 0 Å². The average Bonchev–Trinajstić information content (AvgIpc) is 2.74. The molecule has 3 aromatic rings. The van der Waals surface area contributed by atoms with Gasteiger partial charge in [0.15, 0.2) is 11.5 Å². The largest absolute Gasteiger partial charge is 0.497 e. The summed E-state index contributed by atoms with van der Waals surface area (Å²) in [4.78, 5) is 0. The number of benzene rings is 3. The Morgan fingerprint density at radius 3 is 2.21 bits per heavy atom. The number of rotatable bonds is 9. The zero-order valence-electron chi connectivity index (χ0n) is 16.5. The maximum atomic E-state index is 6.13. The molecule has 0 amide bonds. The van der Waals surface area contributed by atoms with Crippen molar-refractivity contribution in [2.45, 2.75) is 19.7 Å². The quantitative estimate of drug-likeness (QED) is 0.425. The summed E-state index contributed by atoms with van der Waals surface area (Å²) in [6.45, 7) is 1.90. The second-order valence-electron chi connectivity index (χ2n) is 6.32. The Kier molecular flexibility index (Phi) is 9.32. The van der Waals surface area contributed by atoms with Gasteiger partial charge in [0.2, 0.25) is 0 Å². The highest BCUT2D eigenvalue weighted by atomic mass is 79.9. The Hall–Kier alpha value is -2.21. The van der Waals surface area contributed by atoms with Gasteiger partial charge >= 0.3 is 0 Å². The molecule has 3 aromatic carbocycles. The van der Waals surface area contributed by atoms with E-state index in [1.54, 1.807) is 14.2 Å². The van der Waals surface area contributed by atoms with Gasteiger partial charge in [-0.05, 0) is 35.4 Å². The summed E-state index contributed by atoms with van der Waals surface area (Å²) in [6.07, 6.45) is 0. The average molecular weight is 479 g/mol. The normalized spacial score (nSPS) is 10.2. The van der Waals surface area contributed by atoms with Crippen LogP contribution in [0.3, 0.4) is 0 Å². The monoisotopic (exact) mass is 477 g/mol. The molecule has 0 heterocycles. The van der Waals surface area contributed by atoms with Crippen molar-refractivity contribution in [2.75, 3.05) is 14.2 Å². The second kappa shape index (κ2) is 11.7. The highest BCUT2D eigenvalue weighted by molar-refractivity contribution is 9.10. The molecule has 0 radical (unpaired) electrons. The molecule has 0 spiro atoms. The third kappa shape index (κ3) is 6.67. The summed E-state index contributed by atoms with van der Waals surface area (Å²) >= 11 is 3.56. The minimum absolute atomic E-state index is 0. The molecule has 0 unspecified atom stereocenters. The molecule has 1 N–H and O–H groups in total. The molecular formula is C23H25BrClNO3. The van der Waals surface area contributed by atoms with Gasteiger partial charge in [-0.15, -0.1) is 12.4 Å². The fourth-order valence-electron chi connectivity index (χ4n) is 2.88. The molecule has 3 rings (SSSR count). The van der Waals surface area contributed by atoms with Crippen LogP contribution in [0.2, 0.25) is 0 Å². The first kappa shape index (κ1) is 23.1. The third-order valence-corrected chi connectivity index (χ3v) is 4.80. The van der Waals surface area contributed by atoms with Crippen molar-refractivity contribution in [3.8, 4) is 17.2 Å². The van der Waals surface area contributed by atoms with Crippen LogP contribution >= 0.6 is 28.3 Å². The molecule has 0 aliphatic rings. The van der Waals surface area contributed by atoms with E-state index in [0.29, 0.717) is 18.9 Å². The second-order valence-corrected chi connectivity index (χ2v) is 7.24. The molecule has 4 nitrogen and oxygen atoms in total. The molecule has 0 atom stereocenters. The molecular weight excluding hydrogens is 454 g/mol. The van der Waals surface area contributed by atoms with Crippen molar-refractivity contribution in [1.82, 2.24) is 5.32 Å². The molecule has 6 heteroatoms. The van der Waals surface area contributed by atoms with Crippen molar-refractivity contribution in [3.63, 3.8) is 0 Å². The molecule has 0 saturated carbocycles. The van der Waals surface area contributed by atoms with Crippen LogP contribution in [0.25, 0.3) is 0 Å². The number of halogens is 2. The van der Waals surface area contributed by atoms with E-state index in [0.717, 1.165) is 33.6 Å². The molecule has 0 bridgehead atoms. The van der Waals surface area contributed by atoms with E-state index in [9.17, 15) is 0 Å². The standard InChI is InChI=1S/C23H24BrNO3.ClH/c1-26-21-10-8-17(9-11-21)14-25-15-19-12-20(24)13-22(27-2)23(19)28-16-18-6-4-3-5-7-18;/h3-13,25H,14-16H2,1-2H3;1H. The van der Waals surface area contributed by atoms with Crippen LogP contribution in [0.1, 0.15) is 16.7 Å². The lowest BCUT2D eigenvalue weighted by molar-refractivity contribution is 0.280. The highest BCUT2D eigenvalue weighted by Crippen LogP contribution is 2.35. The van der Waals surface area contributed by atoms with Gasteiger partial charge in [-0.1, -0.05) is 58.4 Å². The summed E-state index contributed by atoms with van der Waals surface area (Å²) in [7, 11) is 3.33. The van der Waals surface area contributed by atoms with E-state index in [2.05, 4.69) is 39.4 Å². The Morgan fingerprint density at radius 2 is 1.55 bits per heavy atom. The van der Waals surface area contributed by atoms with Crippen LogP contribution in [0, 0.1) is 0 Å². The number of hydrogen-bond donors (Lipinski definition) is 1. The first-order chi connectivity index (χ1) is 13.7. The van der Waals surface area contributed by atoms with Gasteiger partial charge in [0.05, 0.1) is 14.2 Å². The lowest BCUT2D eigenvalue weighted by atomic mass is 10.1. The van der Waals surface area contributed by atoms with Crippen LogP contribution in [0.15, 0.2) is 71.2 Å². The molecule has 0 fully saturated rings. The van der Waals surface area contributed by atoms with E-state index in [4.69, 9.17) is 14.2 Å². The zero-order chi connectivity index (χ0) is 19.8. The summed E-state index contributed by atoms with van der Waals surface area (Å²) in [5.74, 6) is 2.33. The van der Waals surface area contributed by atoms with Gasteiger partial charge in [0.1, 0.15) is 12.4 Å². The lowest BCUT2D eigenvalue weighted by Crippen LogP contribution is -2.14. The van der Waals surface area contributed by atoms with Crippen molar-refractivity contribution >= 4 is 28.3 Å². The zero-order valence-corrected chi connectivity index (χ0v) is 18.9. The SMILES string of the molecule is COc1ccc(CNCc2cc(Br)cc(OC)c2OCc2ccccc2)cc1.Cl. The fourth-order valence-corrected chi connectivity index (χ4v) is 3.37. The third-order valence-electron chi connectivity index (χ3n) is 4.35. The van der Waals surface area contributed by atoms with Crippen LogP contribution < -0.4 is 19.5 Å². The van der Waals surface area contributed by atoms with Crippen LogP contribution in [0.5, 0.6) is 17.2 Å². The molecule has 0 saturated heterocycles. The van der Waals surface area contributed by atoms with Gasteiger partial charge < -0.3 is 19.5 Å². The topological polar surface area (TPSA) is 39.7 Å². The smallest absolute Gasteiger partial charge is 0.166 e. The Bertz CT molecular complexity index is 889. The maximum Gasteiger partial charge on any atom is 0.166 e. The van der Waals surface area contributed by atoms with E-state index in [1.807, 2.05) is 48.5 Å². The van der Waals surface area contributed by atoms with Crippen LogP contribution in [0.4, 0.5) is 0 Å². The molecule has 29 heavy (non-hydrogen) atoms. The van der Waals surface area contributed by atoms with Crippen molar-refractivity contribution in [3.05, 3.63) is 87.9 Å². The van der Waals surface area contributed by atoms with E-state index >= 15 is 0 Å². The minimum atomic E-state index is 0. The summed E-state index contributed by atoms with van der Waals surface area (Å²) in [5.41, 5.74) is 3.34. The molecule has 0 aromatic heterocycles. The van der Waals surface area contributed by atoms with Gasteiger partial charge in [0.25, 0.3) is 0 Å². The predicted molar refractivity (Wildman–Crippen MR) is 122 cm³/mol. The van der Waals surface area contributed by atoms with E-state index < -0.39 is 0 Å². The first-order valence-electron chi connectivity index (χ1n) is 9.06.